The molecule has 0 fully saturated rings. The van der Waals surface area contributed by atoms with Gasteiger partial charge in [0, 0.05) is 18.0 Å². The van der Waals surface area contributed by atoms with Crippen LogP contribution in [0.25, 0.3) is 0 Å². The molecule has 0 bridgehead atoms. The number of hydrogen-bond acceptors (Lipinski definition) is 5. The Balaban J connectivity index is 1.91. The summed E-state index contributed by atoms with van der Waals surface area (Å²) >= 11 is 1.84. The molecule has 90 valence electrons. The minimum atomic E-state index is 0.328. The lowest BCUT2D eigenvalue weighted by molar-refractivity contribution is 0.497. The van der Waals surface area contributed by atoms with Gasteiger partial charge in [0.1, 0.15) is 6.26 Å². The molecule has 4 nitrogen and oxygen atoms in total. The smallest absolute Gasteiger partial charge is 0.297 e. The molecule has 0 saturated heterocycles. The van der Waals surface area contributed by atoms with E-state index in [0.29, 0.717) is 18.6 Å². The van der Waals surface area contributed by atoms with Crippen LogP contribution in [0.15, 0.2) is 22.1 Å². The Morgan fingerprint density at radius 3 is 3.29 bits per heavy atom. The minimum Gasteiger partial charge on any atom is -0.432 e. The highest BCUT2D eigenvalue weighted by Crippen LogP contribution is 2.35. The van der Waals surface area contributed by atoms with E-state index in [0.717, 1.165) is 18.7 Å². The number of fused-ring (bicyclic) bond motifs is 1. The van der Waals surface area contributed by atoms with Crippen LogP contribution >= 0.6 is 11.3 Å². The van der Waals surface area contributed by atoms with E-state index in [1.807, 2.05) is 11.3 Å². The first-order chi connectivity index (χ1) is 8.29. The summed E-state index contributed by atoms with van der Waals surface area (Å²) in [5.74, 6) is 0. The molecule has 1 unspecified atom stereocenters. The summed E-state index contributed by atoms with van der Waals surface area (Å²) in [4.78, 5) is 8.09. The van der Waals surface area contributed by atoms with Gasteiger partial charge in [-0.2, -0.15) is 4.98 Å². The lowest BCUT2D eigenvalue weighted by Gasteiger charge is -2.32. The lowest BCUT2D eigenvalue weighted by Crippen LogP contribution is -2.33. The molecule has 3 heterocycles. The monoisotopic (exact) mass is 249 g/mol. The van der Waals surface area contributed by atoms with Crippen molar-refractivity contribution in [3.63, 3.8) is 0 Å². The Labute approximate surface area is 104 Å². The number of thiophene rings is 1. The SMILES string of the molecule is CC1c2ccsc2CCN1c1nc(CN)co1. The third-order valence-electron chi connectivity index (χ3n) is 3.27. The maximum atomic E-state index is 5.55. The van der Waals surface area contributed by atoms with Crippen molar-refractivity contribution in [2.75, 3.05) is 11.4 Å². The third-order valence-corrected chi connectivity index (χ3v) is 4.27. The van der Waals surface area contributed by atoms with Crippen molar-refractivity contribution in [2.45, 2.75) is 25.9 Å². The Morgan fingerprint density at radius 2 is 2.53 bits per heavy atom. The number of nitrogens with two attached hydrogens (primary N) is 1. The van der Waals surface area contributed by atoms with Crippen LogP contribution in [0.4, 0.5) is 6.01 Å². The van der Waals surface area contributed by atoms with Gasteiger partial charge < -0.3 is 15.1 Å². The molecular formula is C12H15N3OS. The molecule has 0 aromatic carbocycles. The number of oxazole rings is 1. The summed E-state index contributed by atoms with van der Waals surface area (Å²) in [6.45, 7) is 3.58. The van der Waals surface area contributed by atoms with E-state index in [2.05, 4.69) is 28.3 Å². The first-order valence-electron chi connectivity index (χ1n) is 5.77. The van der Waals surface area contributed by atoms with E-state index in [-0.39, 0.29) is 0 Å². The van der Waals surface area contributed by atoms with Gasteiger partial charge >= 0.3 is 0 Å². The number of nitrogens with zero attached hydrogens (tertiary/aromatic N) is 2. The van der Waals surface area contributed by atoms with Crippen LogP contribution in [0.3, 0.4) is 0 Å². The van der Waals surface area contributed by atoms with Crippen molar-refractivity contribution in [2.24, 2.45) is 5.73 Å². The molecule has 2 aromatic heterocycles. The van der Waals surface area contributed by atoms with E-state index >= 15 is 0 Å². The highest BCUT2D eigenvalue weighted by atomic mass is 32.1. The first kappa shape index (κ1) is 10.8. The Kier molecular flexibility index (Phi) is 2.64. The summed E-state index contributed by atoms with van der Waals surface area (Å²) < 4.78 is 5.50. The third kappa shape index (κ3) is 1.75. The molecule has 0 amide bonds. The topological polar surface area (TPSA) is 55.3 Å². The van der Waals surface area contributed by atoms with Gasteiger partial charge in [-0.3, -0.25) is 0 Å². The van der Waals surface area contributed by atoms with Gasteiger partial charge in [0.05, 0.1) is 11.7 Å². The predicted octanol–water partition coefficient (Wildman–Crippen LogP) is 2.32. The zero-order valence-electron chi connectivity index (χ0n) is 9.72. The van der Waals surface area contributed by atoms with Gasteiger partial charge in [0.15, 0.2) is 0 Å². The van der Waals surface area contributed by atoms with Gasteiger partial charge in [0.25, 0.3) is 6.01 Å². The molecule has 0 radical (unpaired) electrons. The fraction of sp³-hybridized carbons (Fsp3) is 0.417. The van der Waals surface area contributed by atoms with Crippen LogP contribution in [-0.2, 0) is 13.0 Å². The number of rotatable bonds is 2. The standard InChI is InChI=1S/C12H15N3OS/c1-8-10-3-5-17-11(10)2-4-15(8)12-14-9(6-13)7-16-12/h3,5,7-8H,2,4,6,13H2,1H3. The summed E-state index contributed by atoms with van der Waals surface area (Å²) in [5.41, 5.74) is 7.75. The maximum absolute atomic E-state index is 5.55. The van der Waals surface area contributed by atoms with Gasteiger partial charge in [-0.15, -0.1) is 11.3 Å². The van der Waals surface area contributed by atoms with E-state index in [1.165, 1.54) is 10.4 Å². The zero-order valence-corrected chi connectivity index (χ0v) is 10.5. The normalized spacial score (nSPS) is 19.4. The van der Waals surface area contributed by atoms with Crippen LogP contribution in [0.2, 0.25) is 0 Å². The summed E-state index contributed by atoms with van der Waals surface area (Å²) in [6, 6.07) is 3.22. The molecule has 3 rings (SSSR count). The molecule has 1 atom stereocenters. The second kappa shape index (κ2) is 4.16. The zero-order chi connectivity index (χ0) is 11.8. The van der Waals surface area contributed by atoms with Crippen molar-refractivity contribution in [1.29, 1.82) is 0 Å². The Bertz CT molecular complexity index is 519. The molecule has 17 heavy (non-hydrogen) atoms. The Morgan fingerprint density at radius 1 is 1.65 bits per heavy atom. The minimum absolute atomic E-state index is 0.328. The van der Waals surface area contributed by atoms with Crippen LogP contribution in [0, 0.1) is 0 Å². The summed E-state index contributed by atoms with van der Waals surface area (Å²) in [7, 11) is 0. The van der Waals surface area contributed by atoms with E-state index < -0.39 is 0 Å². The molecule has 1 aliphatic heterocycles. The van der Waals surface area contributed by atoms with E-state index in [1.54, 1.807) is 6.26 Å². The molecule has 1 aliphatic rings. The second-order valence-corrected chi connectivity index (χ2v) is 5.24. The van der Waals surface area contributed by atoms with Crippen molar-refractivity contribution in [3.8, 4) is 0 Å². The lowest BCUT2D eigenvalue weighted by atomic mass is 10.0. The van der Waals surface area contributed by atoms with Gasteiger partial charge in [0.2, 0.25) is 0 Å². The van der Waals surface area contributed by atoms with Gasteiger partial charge in [-0.25, -0.2) is 0 Å². The molecule has 2 N–H and O–H groups in total. The van der Waals surface area contributed by atoms with Crippen molar-refractivity contribution in [3.05, 3.63) is 33.8 Å². The molecule has 0 spiro atoms. The molecule has 0 aliphatic carbocycles. The Hall–Kier alpha value is -1.33. The van der Waals surface area contributed by atoms with E-state index in [9.17, 15) is 0 Å². The fourth-order valence-electron chi connectivity index (χ4n) is 2.29. The summed E-state index contributed by atoms with van der Waals surface area (Å²) in [5, 5.41) is 2.16. The summed E-state index contributed by atoms with van der Waals surface area (Å²) in [6.07, 6.45) is 2.71. The van der Waals surface area contributed by atoms with Gasteiger partial charge in [-0.1, -0.05) is 0 Å². The highest BCUT2D eigenvalue weighted by molar-refractivity contribution is 7.10. The number of hydrogen-bond donors (Lipinski definition) is 1. The average molecular weight is 249 g/mol. The molecule has 0 saturated carbocycles. The van der Waals surface area contributed by atoms with Gasteiger partial charge in [-0.05, 0) is 30.4 Å². The predicted molar refractivity (Wildman–Crippen MR) is 68.2 cm³/mol. The van der Waals surface area contributed by atoms with Crippen molar-refractivity contribution < 1.29 is 4.42 Å². The molecule has 2 aromatic rings. The number of anilines is 1. The van der Waals surface area contributed by atoms with Crippen LogP contribution in [-0.4, -0.2) is 11.5 Å². The average Bonchev–Trinajstić information content (AvgIpc) is 2.97. The van der Waals surface area contributed by atoms with Crippen LogP contribution < -0.4 is 10.6 Å². The molecular weight excluding hydrogens is 234 g/mol. The highest BCUT2D eigenvalue weighted by Gasteiger charge is 2.27. The van der Waals surface area contributed by atoms with E-state index in [4.69, 9.17) is 10.2 Å². The van der Waals surface area contributed by atoms with Crippen molar-refractivity contribution in [1.82, 2.24) is 4.98 Å². The maximum Gasteiger partial charge on any atom is 0.297 e. The quantitative estimate of drug-likeness (QED) is 0.887. The second-order valence-electron chi connectivity index (χ2n) is 4.24. The van der Waals surface area contributed by atoms with Crippen LogP contribution in [0.5, 0.6) is 0 Å². The molecule has 5 heteroatoms. The van der Waals surface area contributed by atoms with Crippen LogP contribution in [0.1, 0.15) is 29.1 Å². The largest absolute Gasteiger partial charge is 0.432 e. The number of aromatic nitrogens is 1. The fourth-order valence-corrected chi connectivity index (χ4v) is 3.26. The first-order valence-corrected chi connectivity index (χ1v) is 6.65. The van der Waals surface area contributed by atoms with Crippen molar-refractivity contribution >= 4 is 17.4 Å².